The first-order valence-corrected chi connectivity index (χ1v) is 9.18. The van der Waals surface area contributed by atoms with Crippen LogP contribution in [0.1, 0.15) is 31.4 Å². The van der Waals surface area contributed by atoms with Crippen molar-refractivity contribution in [2.24, 2.45) is 4.99 Å². The van der Waals surface area contributed by atoms with Gasteiger partial charge in [0.05, 0.1) is 19.8 Å². The van der Waals surface area contributed by atoms with Crippen molar-refractivity contribution in [2.75, 3.05) is 53.6 Å². The zero-order chi connectivity index (χ0) is 17.9. The maximum Gasteiger partial charge on any atom is 0.191 e. The van der Waals surface area contributed by atoms with Crippen LogP contribution in [0.5, 0.6) is 5.75 Å². The second kappa shape index (κ2) is 13.2. The van der Waals surface area contributed by atoms with Crippen molar-refractivity contribution in [2.45, 2.75) is 25.8 Å². The van der Waals surface area contributed by atoms with Crippen LogP contribution in [0.25, 0.3) is 0 Å². The van der Waals surface area contributed by atoms with Gasteiger partial charge in [-0.05, 0) is 50.6 Å². The molecule has 1 saturated heterocycles. The van der Waals surface area contributed by atoms with E-state index in [9.17, 15) is 0 Å². The fraction of sp³-hybridized carbons (Fsp3) is 0.632. The number of benzene rings is 1. The molecule has 0 saturated carbocycles. The molecule has 1 fully saturated rings. The van der Waals surface area contributed by atoms with Crippen molar-refractivity contribution in [1.29, 1.82) is 0 Å². The predicted molar refractivity (Wildman–Crippen MR) is 118 cm³/mol. The molecule has 0 amide bonds. The summed E-state index contributed by atoms with van der Waals surface area (Å²) in [5.41, 5.74) is 1.31. The third-order valence-electron chi connectivity index (χ3n) is 4.51. The highest BCUT2D eigenvalue weighted by molar-refractivity contribution is 14.0. The van der Waals surface area contributed by atoms with Crippen LogP contribution < -0.4 is 15.4 Å². The average molecular weight is 476 g/mol. The minimum absolute atomic E-state index is 0. The lowest BCUT2D eigenvalue weighted by atomic mass is 10.1. The lowest BCUT2D eigenvalue weighted by Crippen LogP contribution is -2.43. The van der Waals surface area contributed by atoms with Gasteiger partial charge in [-0.1, -0.05) is 12.1 Å². The fourth-order valence-electron chi connectivity index (χ4n) is 3.14. The molecule has 2 rings (SSSR count). The minimum atomic E-state index is 0. The van der Waals surface area contributed by atoms with Gasteiger partial charge in [0.2, 0.25) is 0 Å². The van der Waals surface area contributed by atoms with Gasteiger partial charge in [-0.2, -0.15) is 0 Å². The summed E-state index contributed by atoms with van der Waals surface area (Å²) in [6.07, 6.45) is 2.54. The Morgan fingerprint density at radius 3 is 2.46 bits per heavy atom. The van der Waals surface area contributed by atoms with E-state index in [0.29, 0.717) is 12.6 Å². The molecule has 1 aliphatic rings. The Morgan fingerprint density at radius 2 is 1.88 bits per heavy atom. The number of halogens is 1. The Morgan fingerprint density at radius 1 is 1.19 bits per heavy atom. The van der Waals surface area contributed by atoms with Crippen molar-refractivity contribution >= 4 is 29.9 Å². The second-order valence-corrected chi connectivity index (χ2v) is 6.11. The molecule has 0 radical (unpaired) electrons. The summed E-state index contributed by atoms with van der Waals surface area (Å²) in [4.78, 5) is 6.85. The van der Waals surface area contributed by atoms with Gasteiger partial charge in [-0.15, -0.1) is 24.0 Å². The maximum atomic E-state index is 5.36. The van der Waals surface area contributed by atoms with Crippen LogP contribution in [0.4, 0.5) is 0 Å². The lowest BCUT2D eigenvalue weighted by Gasteiger charge is -2.29. The number of nitrogens with one attached hydrogen (secondary N) is 2. The van der Waals surface area contributed by atoms with Gasteiger partial charge in [-0.3, -0.25) is 9.89 Å². The van der Waals surface area contributed by atoms with E-state index in [2.05, 4.69) is 32.7 Å². The predicted octanol–water partition coefficient (Wildman–Crippen LogP) is 2.65. The Balaban J connectivity index is 0.00000338. The van der Waals surface area contributed by atoms with E-state index in [1.165, 1.54) is 18.4 Å². The molecule has 148 valence electrons. The van der Waals surface area contributed by atoms with Crippen LogP contribution in [-0.4, -0.2) is 64.4 Å². The third kappa shape index (κ3) is 7.28. The number of guanidine groups is 1. The molecule has 1 heterocycles. The van der Waals surface area contributed by atoms with E-state index in [-0.39, 0.29) is 24.0 Å². The molecule has 6 nitrogen and oxygen atoms in total. The van der Waals surface area contributed by atoms with Crippen molar-refractivity contribution in [3.8, 4) is 5.75 Å². The van der Waals surface area contributed by atoms with Gasteiger partial charge in [0.1, 0.15) is 5.75 Å². The number of methoxy groups -OCH3 is 1. The van der Waals surface area contributed by atoms with Crippen LogP contribution >= 0.6 is 24.0 Å². The van der Waals surface area contributed by atoms with E-state index in [1.807, 2.05) is 19.1 Å². The number of hydrogen-bond donors (Lipinski definition) is 2. The summed E-state index contributed by atoms with van der Waals surface area (Å²) in [5.74, 6) is 1.71. The molecule has 2 N–H and O–H groups in total. The molecule has 1 aromatic carbocycles. The third-order valence-corrected chi connectivity index (χ3v) is 4.51. The number of rotatable bonds is 9. The molecule has 7 heteroatoms. The SMILES string of the molecule is CCOCCNC(=NC)NCC(c1ccc(OC)cc1)N1CCCC1.I. The zero-order valence-corrected chi connectivity index (χ0v) is 18.5. The molecule has 1 atom stereocenters. The van der Waals surface area contributed by atoms with E-state index >= 15 is 0 Å². The topological polar surface area (TPSA) is 58.1 Å². The molecular weight excluding hydrogens is 443 g/mol. The van der Waals surface area contributed by atoms with Crippen LogP contribution in [0.3, 0.4) is 0 Å². The van der Waals surface area contributed by atoms with Gasteiger partial charge < -0.3 is 20.1 Å². The largest absolute Gasteiger partial charge is 0.497 e. The molecule has 26 heavy (non-hydrogen) atoms. The van der Waals surface area contributed by atoms with Crippen molar-refractivity contribution in [3.63, 3.8) is 0 Å². The number of ether oxygens (including phenoxy) is 2. The molecular formula is C19H33IN4O2. The Labute approximate surface area is 174 Å². The highest BCUT2D eigenvalue weighted by Gasteiger charge is 2.23. The number of likely N-dealkylation sites (tertiary alicyclic amines) is 1. The first-order valence-electron chi connectivity index (χ1n) is 9.18. The Hall–Kier alpha value is -1.06. The van der Waals surface area contributed by atoms with Gasteiger partial charge >= 0.3 is 0 Å². The van der Waals surface area contributed by atoms with E-state index in [4.69, 9.17) is 9.47 Å². The zero-order valence-electron chi connectivity index (χ0n) is 16.2. The molecule has 0 aliphatic carbocycles. The summed E-state index contributed by atoms with van der Waals surface area (Å²) < 4.78 is 10.6. The first-order chi connectivity index (χ1) is 12.3. The Kier molecular flexibility index (Phi) is 11.6. The van der Waals surface area contributed by atoms with Crippen molar-refractivity contribution in [3.05, 3.63) is 29.8 Å². The normalized spacial score (nSPS) is 16.0. The van der Waals surface area contributed by atoms with Crippen LogP contribution in [-0.2, 0) is 4.74 Å². The monoisotopic (exact) mass is 476 g/mol. The quantitative estimate of drug-likeness (QED) is 0.249. The van der Waals surface area contributed by atoms with E-state index in [1.54, 1.807) is 14.2 Å². The van der Waals surface area contributed by atoms with Gasteiger partial charge in [0.25, 0.3) is 0 Å². The molecule has 1 unspecified atom stereocenters. The van der Waals surface area contributed by atoms with Crippen LogP contribution in [0.15, 0.2) is 29.3 Å². The maximum absolute atomic E-state index is 5.36. The highest BCUT2D eigenvalue weighted by Crippen LogP contribution is 2.26. The van der Waals surface area contributed by atoms with Gasteiger partial charge in [0.15, 0.2) is 5.96 Å². The minimum Gasteiger partial charge on any atom is -0.497 e. The standard InChI is InChI=1S/C19H32N4O2.HI/c1-4-25-14-11-21-19(20-2)22-15-18(23-12-5-6-13-23)16-7-9-17(24-3)10-8-16;/h7-10,18H,4-6,11-15H2,1-3H3,(H2,20,21,22);1H. The molecule has 1 aromatic rings. The summed E-state index contributed by atoms with van der Waals surface area (Å²) >= 11 is 0. The molecule has 0 spiro atoms. The Bertz CT molecular complexity index is 519. The summed E-state index contributed by atoms with van der Waals surface area (Å²) in [6.45, 7) is 7.30. The number of aliphatic imine (C=N–C) groups is 1. The first kappa shape index (κ1) is 23.0. The van der Waals surface area contributed by atoms with E-state index in [0.717, 1.165) is 44.5 Å². The average Bonchev–Trinajstić information content (AvgIpc) is 3.18. The van der Waals surface area contributed by atoms with E-state index < -0.39 is 0 Å². The summed E-state index contributed by atoms with van der Waals surface area (Å²) in [6, 6.07) is 8.73. The van der Waals surface area contributed by atoms with Gasteiger partial charge in [0, 0.05) is 26.7 Å². The number of nitrogens with zero attached hydrogens (tertiary/aromatic N) is 2. The van der Waals surface area contributed by atoms with Crippen molar-refractivity contribution < 1.29 is 9.47 Å². The van der Waals surface area contributed by atoms with Crippen LogP contribution in [0.2, 0.25) is 0 Å². The highest BCUT2D eigenvalue weighted by atomic mass is 127. The molecule has 1 aliphatic heterocycles. The second-order valence-electron chi connectivity index (χ2n) is 6.11. The van der Waals surface area contributed by atoms with Crippen molar-refractivity contribution in [1.82, 2.24) is 15.5 Å². The fourth-order valence-corrected chi connectivity index (χ4v) is 3.14. The summed E-state index contributed by atoms with van der Waals surface area (Å²) in [7, 11) is 3.50. The smallest absolute Gasteiger partial charge is 0.191 e. The van der Waals surface area contributed by atoms with Crippen LogP contribution in [0, 0.1) is 0 Å². The lowest BCUT2D eigenvalue weighted by molar-refractivity contribution is 0.152. The molecule has 0 bridgehead atoms. The summed E-state index contributed by atoms with van der Waals surface area (Å²) in [5, 5.41) is 6.76. The molecule has 0 aromatic heterocycles. The number of hydrogen-bond acceptors (Lipinski definition) is 4. The van der Waals surface area contributed by atoms with Gasteiger partial charge in [-0.25, -0.2) is 0 Å².